The second kappa shape index (κ2) is 13.1. The van der Waals surface area contributed by atoms with Gasteiger partial charge in [0.25, 0.3) is 0 Å². The Bertz CT molecular complexity index is 980. The Morgan fingerprint density at radius 3 is 1.95 bits per heavy atom. The van der Waals surface area contributed by atoms with Crippen molar-refractivity contribution in [2.45, 2.75) is 102 Å². The number of ether oxygens (including phenoxy) is 1. The fraction of sp³-hybridized carbons (Fsp3) is 0.562. The molecule has 1 nitrogen and oxygen atoms in total. The van der Waals surface area contributed by atoms with Gasteiger partial charge in [0, 0.05) is 0 Å². The first-order valence-electron chi connectivity index (χ1n) is 14.1. The Morgan fingerprint density at radius 1 is 0.811 bits per heavy atom. The largest absolute Gasteiger partial charge is 0.389 e. The minimum atomic E-state index is -3.99. The van der Waals surface area contributed by atoms with Crippen LogP contribution in [0.5, 0.6) is 0 Å². The van der Waals surface area contributed by atoms with Crippen molar-refractivity contribution in [2.75, 3.05) is 0 Å². The van der Waals surface area contributed by atoms with E-state index in [0.29, 0.717) is 42.6 Å². The fourth-order valence-electron chi connectivity index (χ4n) is 5.98. The van der Waals surface area contributed by atoms with Crippen LogP contribution in [0.2, 0.25) is 0 Å². The van der Waals surface area contributed by atoms with Crippen molar-refractivity contribution in [3.8, 4) is 0 Å². The summed E-state index contributed by atoms with van der Waals surface area (Å²) < 4.78 is 63.7. The molecule has 0 spiro atoms. The molecule has 202 valence electrons. The van der Waals surface area contributed by atoms with Gasteiger partial charge in [-0.1, -0.05) is 62.2 Å². The summed E-state index contributed by atoms with van der Waals surface area (Å²) in [5.74, 6) is -0.886. The molecular formula is C32H40F4O. The molecule has 2 aliphatic carbocycles. The van der Waals surface area contributed by atoms with Crippen LogP contribution in [-0.2, 0) is 17.3 Å². The Kier molecular flexibility index (Phi) is 9.86. The van der Waals surface area contributed by atoms with Gasteiger partial charge in [-0.25, -0.2) is 8.78 Å². The molecule has 2 aromatic carbocycles. The molecule has 4 rings (SSSR count). The van der Waals surface area contributed by atoms with Crippen molar-refractivity contribution in [1.29, 1.82) is 0 Å². The molecule has 2 saturated carbocycles. The summed E-state index contributed by atoms with van der Waals surface area (Å²) >= 11 is 0. The summed E-state index contributed by atoms with van der Waals surface area (Å²) in [7, 11) is 0. The summed E-state index contributed by atoms with van der Waals surface area (Å²) in [6.07, 6.45) is 10.2. The Balaban J connectivity index is 1.24. The maximum atomic E-state index is 14.8. The molecule has 37 heavy (non-hydrogen) atoms. The SMILES string of the molecule is CCCCCc1cc(F)c(C(F)(F)OC2CCC(/C=C/C3CCC(c4ccccc4)CC3)CC2)c(F)c1. The van der Waals surface area contributed by atoms with E-state index in [9.17, 15) is 17.6 Å². The maximum Gasteiger partial charge on any atom is 0.389 e. The van der Waals surface area contributed by atoms with Crippen molar-refractivity contribution >= 4 is 0 Å². The van der Waals surface area contributed by atoms with Crippen LogP contribution in [0, 0.1) is 23.5 Å². The minimum Gasteiger partial charge on any atom is -0.313 e. The zero-order valence-electron chi connectivity index (χ0n) is 21.9. The van der Waals surface area contributed by atoms with E-state index in [2.05, 4.69) is 42.5 Å². The number of rotatable bonds is 10. The third-order valence-corrected chi connectivity index (χ3v) is 8.19. The van der Waals surface area contributed by atoms with E-state index >= 15 is 0 Å². The molecule has 2 aliphatic rings. The standard InChI is InChI=1S/C32H40F4O/c1-2-3-5-8-25-21-29(33)31(30(34)22-25)32(35,36)37-28-19-15-24(16-20-28)12-11-23-13-17-27(18-14-23)26-9-6-4-7-10-26/h4,6-7,9-12,21-24,27-28H,2-3,5,8,13-20H2,1H3/b12-11+. The second-order valence-electron chi connectivity index (χ2n) is 11.0. The first kappa shape index (κ1) is 27.9. The average molecular weight is 517 g/mol. The molecule has 0 bridgehead atoms. The van der Waals surface area contributed by atoms with Crippen LogP contribution in [0.3, 0.4) is 0 Å². The average Bonchev–Trinajstić information content (AvgIpc) is 2.88. The van der Waals surface area contributed by atoms with E-state index in [1.165, 1.54) is 31.2 Å². The topological polar surface area (TPSA) is 9.23 Å². The number of hydrogen-bond donors (Lipinski definition) is 0. The zero-order chi connectivity index (χ0) is 26.3. The van der Waals surface area contributed by atoms with Crippen LogP contribution < -0.4 is 0 Å². The molecule has 0 unspecified atom stereocenters. The van der Waals surface area contributed by atoms with E-state index in [4.69, 9.17) is 4.74 Å². The van der Waals surface area contributed by atoms with Crippen LogP contribution in [0.25, 0.3) is 0 Å². The highest BCUT2D eigenvalue weighted by Crippen LogP contribution is 2.40. The van der Waals surface area contributed by atoms with Gasteiger partial charge in [-0.15, -0.1) is 0 Å². The van der Waals surface area contributed by atoms with Crippen LogP contribution in [0.1, 0.15) is 100 Å². The van der Waals surface area contributed by atoms with E-state index in [1.54, 1.807) is 0 Å². The van der Waals surface area contributed by atoms with Gasteiger partial charge in [0.2, 0.25) is 0 Å². The highest BCUT2D eigenvalue weighted by atomic mass is 19.3. The summed E-state index contributed by atoms with van der Waals surface area (Å²) in [5, 5.41) is 0. The molecule has 0 amide bonds. The monoisotopic (exact) mass is 516 g/mol. The van der Waals surface area contributed by atoms with E-state index in [-0.39, 0.29) is 0 Å². The van der Waals surface area contributed by atoms with Gasteiger partial charge in [0.15, 0.2) is 0 Å². The molecule has 2 fully saturated rings. The van der Waals surface area contributed by atoms with Gasteiger partial charge in [0.1, 0.15) is 17.2 Å². The molecule has 0 N–H and O–H groups in total. The van der Waals surface area contributed by atoms with Crippen LogP contribution in [0.15, 0.2) is 54.6 Å². The Morgan fingerprint density at radius 2 is 1.38 bits per heavy atom. The zero-order valence-corrected chi connectivity index (χ0v) is 21.9. The third kappa shape index (κ3) is 7.69. The molecule has 0 radical (unpaired) electrons. The van der Waals surface area contributed by atoms with Crippen molar-refractivity contribution < 1.29 is 22.3 Å². The Labute approximate surface area is 219 Å². The third-order valence-electron chi connectivity index (χ3n) is 8.19. The molecule has 0 heterocycles. The highest BCUT2D eigenvalue weighted by molar-refractivity contribution is 5.29. The lowest BCUT2D eigenvalue weighted by atomic mass is 9.78. The molecule has 2 aromatic rings. The molecule has 0 atom stereocenters. The van der Waals surface area contributed by atoms with Gasteiger partial charge in [-0.3, -0.25) is 0 Å². The van der Waals surface area contributed by atoms with E-state index in [1.807, 2.05) is 6.92 Å². The first-order valence-corrected chi connectivity index (χ1v) is 14.1. The van der Waals surface area contributed by atoms with Crippen molar-refractivity contribution in [1.82, 2.24) is 0 Å². The Hall–Kier alpha value is -2.14. The molecule has 5 heteroatoms. The van der Waals surface area contributed by atoms with Gasteiger partial charge in [-0.2, -0.15) is 8.78 Å². The molecule has 0 aliphatic heterocycles. The van der Waals surface area contributed by atoms with Crippen LogP contribution in [0.4, 0.5) is 17.6 Å². The number of allylic oxidation sites excluding steroid dienone is 2. The van der Waals surface area contributed by atoms with Gasteiger partial charge < -0.3 is 4.74 Å². The predicted octanol–water partition coefficient (Wildman–Crippen LogP) is 9.85. The summed E-state index contributed by atoms with van der Waals surface area (Å²) in [6.45, 7) is 2.03. The summed E-state index contributed by atoms with van der Waals surface area (Å²) in [6, 6.07) is 12.8. The molecule has 0 aromatic heterocycles. The van der Waals surface area contributed by atoms with Crippen molar-refractivity contribution in [3.05, 3.63) is 82.9 Å². The number of benzene rings is 2. The lowest BCUT2D eigenvalue weighted by Gasteiger charge is -2.31. The predicted molar refractivity (Wildman–Crippen MR) is 141 cm³/mol. The van der Waals surface area contributed by atoms with Gasteiger partial charge in [0.05, 0.1) is 6.10 Å². The van der Waals surface area contributed by atoms with Crippen molar-refractivity contribution in [3.63, 3.8) is 0 Å². The smallest absolute Gasteiger partial charge is 0.313 e. The number of halogens is 4. The minimum absolute atomic E-state index is 0.344. The van der Waals surface area contributed by atoms with Crippen LogP contribution in [-0.4, -0.2) is 6.10 Å². The number of unbranched alkanes of at least 4 members (excludes halogenated alkanes) is 2. The van der Waals surface area contributed by atoms with Gasteiger partial charge >= 0.3 is 6.11 Å². The van der Waals surface area contributed by atoms with Gasteiger partial charge in [-0.05, 0) is 105 Å². The number of alkyl halides is 2. The first-order chi connectivity index (χ1) is 17.9. The van der Waals surface area contributed by atoms with Crippen molar-refractivity contribution in [2.24, 2.45) is 11.8 Å². The fourth-order valence-corrected chi connectivity index (χ4v) is 5.98. The maximum absolute atomic E-state index is 14.8. The molecule has 0 saturated heterocycles. The van der Waals surface area contributed by atoms with E-state index < -0.39 is 29.4 Å². The summed E-state index contributed by atoms with van der Waals surface area (Å²) in [4.78, 5) is 0. The lowest BCUT2D eigenvalue weighted by Crippen LogP contribution is -2.31. The normalized spacial score (nSPS) is 25.0. The van der Waals surface area contributed by atoms with Crippen LogP contribution >= 0.6 is 0 Å². The van der Waals surface area contributed by atoms with E-state index in [0.717, 1.165) is 44.2 Å². The second-order valence-corrected chi connectivity index (χ2v) is 11.0. The number of hydrogen-bond acceptors (Lipinski definition) is 1. The number of aryl methyl sites for hydroxylation is 1. The lowest BCUT2D eigenvalue weighted by molar-refractivity contribution is -0.280. The molecular weight excluding hydrogens is 476 g/mol. The summed E-state index contributed by atoms with van der Waals surface area (Å²) in [5.41, 5.74) is 0.575. The highest BCUT2D eigenvalue weighted by Gasteiger charge is 2.42. The quantitative estimate of drug-likeness (QED) is 0.173.